The van der Waals surface area contributed by atoms with Crippen molar-refractivity contribution >= 4 is 34.0 Å². The molecule has 0 unspecified atom stereocenters. The van der Waals surface area contributed by atoms with E-state index in [1.165, 1.54) is 6.21 Å². The van der Waals surface area contributed by atoms with Crippen LogP contribution in [0.4, 0.5) is 0 Å². The van der Waals surface area contributed by atoms with E-state index in [1.54, 1.807) is 42.5 Å². The predicted molar refractivity (Wildman–Crippen MR) is 123 cm³/mol. The smallest absolute Gasteiger partial charge is 0.343 e. The summed E-state index contributed by atoms with van der Waals surface area (Å²) < 4.78 is 11.8. The monoisotopic (exact) mass is 480 g/mol. The Morgan fingerprint density at radius 2 is 1.71 bits per heavy atom. The second kappa shape index (κ2) is 10.5. The Hall–Kier alpha value is -3.45. The number of halogens is 1. The van der Waals surface area contributed by atoms with E-state index in [4.69, 9.17) is 9.47 Å². The van der Waals surface area contributed by atoms with Crippen LogP contribution in [-0.2, 0) is 4.79 Å². The van der Waals surface area contributed by atoms with Crippen LogP contribution in [0.2, 0.25) is 0 Å². The lowest BCUT2D eigenvalue weighted by molar-refractivity contribution is -0.123. The third kappa shape index (κ3) is 6.52. The second-order valence-electron chi connectivity index (χ2n) is 6.78. The molecule has 0 bridgehead atoms. The Kier molecular flexibility index (Phi) is 7.56. The summed E-state index contributed by atoms with van der Waals surface area (Å²) in [7, 11) is 0. The summed E-state index contributed by atoms with van der Waals surface area (Å²) in [5, 5.41) is 3.94. The Labute approximate surface area is 189 Å². The molecule has 7 heteroatoms. The first-order valence-corrected chi connectivity index (χ1v) is 10.3. The molecule has 0 saturated heterocycles. The van der Waals surface area contributed by atoms with Gasteiger partial charge in [0.15, 0.2) is 6.61 Å². The first kappa shape index (κ1) is 22.2. The van der Waals surface area contributed by atoms with Gasteiger partial charge in [0.1, 0.15) is 11.5 Å². The fourth-order valence-corrected chi connectivity index (χ4v) is 3.21. The minimum absolute atomic E-state index is 0.146. The lowest BCUT2D eigenvalue weighted by atomic mass is 10.1. The van der Waals surface area contributed by atoms with Gasteiger partial charge in [-0.3, -0.25) is 4.79 Å². The minimum atomic E-state index is -0.465. The van der Waals surface area contributed by atoms with Crippen molar-refractivity contribution in [2.45, 2.75) is 13.8 Å². The fraction of sp³-hybridized carbons (Fsp3) is 0.125. The molecule has 0 aliphatic carbocycles. The Bertz CT molecular complexity index is 1110. The zero-order valence-electron chi connectivity index (χ0n) is 17.1. The highest BCUT2D eigenvalue weighted by Gasteiger charge is 2.09. The molecule has 3 rings (SSSR count). The van der Waals surface area contributed by atoms with E-state index < -0.39 is 5.97 Å². The van der Waals surface area contributed by atoms with E-state index in [0.717, 1.165) is 15.6 Å². The number of aryl methyl sites for hydroxylation is 2. The van der Waals surface area contributed by atoms with Crippen molar-refractivity contribution < 1.29 is 19.1 Å². The number of amides is 1. The van der Waals surface area contributed by atoms with Crippen LogP contribution >= 0.6 is 15.9 Å². The number of hydrogen-bond donors (Lipinski definition) is 1. The number of esters is 1. The molecular formula is C24H21BrN2O4. The number of hydrogen-bond acceptors (Lipinski definition) is 5. The number of carbonyl (C=O) groups excluding carboxylic acids is 2. The quantitative estimate of drug-likeness (QED) is 0.227. The molecule has 6 nitrogen and oxygen atoms in total. The second-order valence-corrected chi connectivity index (χ2v) is 7.69. The molecule has 0 heterocycles. The molecular weight excluding hydrogens is 460 g/mol. The fourth-order valence-electron chi connectivity index (χ4n) is 2.82. The Morgan fingerprint density at radius 3 is 2.45 bits per heavy atom. The maximum Gasteiger partial charge on any atom is 0.343 e. The number of rotatable bonds is 7. The first-order valence-electron chi connectivity index (χ1n) is 9.51. The zero-order valence-corrected chi connectivity index (χ0v) is 18.7. The molecule has 3 aromatic rings. The predicted octanol–water partition coefficient (Wildman–Crippen LogP) is 4.81. The first-order chi connectivity index (χ1) is 14.9. The molecule has 0 aliphatic heterocycles. The molecule has 31 heavy (non-hydrogen) atoms. The van der Waals surface area contributed by atoms with Crippen LogP contribution in [-0.4, -0.2) is 24.7 Å². The van der Waals surface area contributed by atoms with Crippen LogP contribution in [0, 0.1) is 13.8 Å². The van der Waals surface area contributed by atoms with Gasteiger partial charge in [0, 0.05) is 4.47 Å². The number of carbonyl (C=O) groups is 2. The number of para-hydroxylation sites is 1. The largest absolute Gasteiger partial charge is 0.483 e. The van der Waals surface area contributed by atoms with Crippen LogP contribution in [0.3, 0.4) is 0 Å². The SMILES string of the molecule is Cc1cccc(C)c1OCC(=O)N/N=C\c1cccc(OC(=O)c2cccc(Br)c2)c1. The van der Waals surface area contributed by atoms with Crippen molar-refractivity contribution in [1.29, 1.82) is 0 Å². The minimum Gasteiger partial charge on any atom is -0.483 e. The molecule has 0 radical (unpaired) electrons. The van der Waals surface area contributed by atoms with E-state index in [0.29, 0.717) is 22.6 Å². The highest BCUT2D eigenvalue weighted by Crippen LogP contribution is 2.22. The van der Waals surface area contributed by atoms with Crippen molar-refractivity contribution in [2.24, 2.45) is 5.10 Å². The van der Waals surface area contributed by atoms with Crippen LogP contribution in [0.15, 0.2) is 76.3 Å². The highest BCUT2D eigenvalue weighted by molar-refractivity contribution is 9.10. The molecule has 0 aromatic heterocycles. The van der Waals surface area contributed by atoms with Gasteiger partial charge in [-0.05, 0) is 60.9 Å². The van der Waals surface area contributed by atoms with Gasteiger partial charge in [-0.15, -0.1) is 0 Å². The summed E-state index contributed by atoms with van der Waals surface area (Å²) in [4.78, 5) is 24.3. The molecule has 0 saturated carbocycles. The van der Waals surface area contributed by atoms with Gasteiger partial charge in [0.25, 0.3) is 5.91 Å². The topological polar surface area (TPSA) is 77.0 Å². The van der Waals surface area contributed by atoms with Crippen molar-refractivity contribution in [3.8, 4) is 11.5 Å². The molecule has 0 fully saturated rings. The van der Waals surface area contributed by atoms with Crippen molar-refractivity contribution in [2.75, 3.05) is 6.61 Å². The molecule has 3 aromatic carbocycles. The lowest BCUT2D eigenvalue weighted by Gasteiger charge is -2.10. The number of benzene rings is 3. The third-order valence-electron chi connectivity index (χ3n) is 4.29. The maximum atomic E-state index is 12.3. The molecule has 0 spiro atoms. The zero-order chi connectivity index (χ0) is 22.2. The van der Waals surface area contributed by atoms with Crippen molar-refractivity contribution in [1.82, 2.24) is 5.43 Å². The average molecular weight is 481 g/mol. The van der Waals surface area contributed by atoms with Crippen molar-refractivity contribution in [3.63, 3.8) is 0 Å². The summed E-state index contributed by atoms with van der Waals surface area (Å²) in [6, 6.07) is 19.6. The van der Waals surface area contributed by atoms with Crippen LogP contribution in [0.25, 0.3) is 0 Å². The van der Waals surface area contributed by atoms with Gasteiger partial charge in [-0.25, -0.2) is 10.2 Å². The standard InChI is InChI=1S/C24H21BrN2O4/c1-16-6-3-7-17(2)23(16)30-15-22(28)27-26-14-18-8-4-11-21(12-18)31-24(29)19-9-5-10-20(25)13-19/h3-14H,15H2,1-2H3,(H,27,28)/b26-14-. The van der Waals surface area contributed by atoms with Gasteiger partial charge in [0.2, 0.25) is 0 Å². The molecule has 1 N–H and O–H groups in total. The summed E-state index contributed by atoms with van der Waals surface area (Å²) in [5.74, 6) is 0.226. The number of hydrazone groups is 1. The van der Waals surface area contributed by atoms with Crippen LogP contribution in [0.5, 0.6) is 11.5 Å². The average Bonchev–Trinajstić information content (AvgIpc) is 2.74. The van der Waals surface area contributed by atoms with E-state index in [9.17, 15) is 9.59 Å². The van der Waals surface area contributed by atoms with Crippen molar-refractivity contribution in [3.05, 3.63) is 93.5 Å². The van der Waals surface area contributed by atoms with E-state index in [-0.39, 0.29) is 12.5 Å². The summed E-state index contributed by atoms with van der Waals surface area (Å²) >= 11 is 3.33. The van der Waals surface area contributed by atoms with Gasteiger partial charge < -0.3 is 9.47 Å². The number of nitrogens with one attached hydrogen (secondary N) is 1. The van der Waals surface area contributed by atoms with Crippen LogP contribution in [0.1, 0.15) is 27.0 Å². The molecule has 158 valence electrons. The van der Waals surface area contributed by atoms with Gasteiger partial charge in [0.05, 0.1) is 11.8 Å². The van der Waals surface area contributed by atoms with Crippen LogP contribution < -0.4 is 14.9 Å². The summed E-state index contributed by atoms with van der Waals surface area (Å²) in [6.45, 7) is 3.71. The van der Waals surface area contributed by atoms with Gasteiger partial charge in [-0.2, -0.15) is 5.10 Å². The summed E-state index contributed by atoms with van der Waals surface area (Å²) in [6.07, 6.45) is 1.47. The molecule has 0 atom stereocenters. The third-order valence-corrected chi connectivity index (χ3v) is 4.78. The molecule has 1 amide bonds. The van der Waals surface area contributed by atoms with E-state index >= 15 is 0 Å². The van der Waals surface area contributed by atoms with E-state index in [2.05, 4.69) is 26.5 Å². The number of nitrogens with zero attached hydrogens (tertiary/aromatic N) is 1. The maximum absolute atomic E-state index is 12.3. The van der Waals surface area contributed by atoms with Gasteiger partial charge in [-0.1, -0.05) is 52.3 Å². The molecule has 0 aliphatic rings. The van der Waals surface area contributed by atoms with Gasteiger partial charge >= 0.3 is 5.97 Å². The normalized spacial score (nSPS) is 10.7. The lowest BCUT2D eigenvalue weighted by Crippen LogP contribution is -2.25. The summed E-state index contributed by atoms with van der Waals surface area (Å²) in [5.41, 5.74) is 5.45. The highest BCUT2D eigenvalue weighted by atomic mass is 79.9. The van der Waals surface area contributed by atoms with E-state index in [1.807, 2.05) is 38.1 Å². The Balaban J connectivity index is 1.54. The Morgan fingerprint density at radius 1 is 1.00 bits per heavy atom. The number of ether oxygens (including phenoxy) is 2.